The molecule has 0 atom stereocenters. The van der Waals surface area contributed by atoms with Gasteiger partial charge in [-0.3, -0.25) is 19.6 Å². The van der Waals surface area contributed by atoms with Crippen LogP contribution in [0.2, 0.25) is 0 Å². The smallest absolute Gasteiger partial charge is 0.312 e. The van der Waals surface area contributed by atoms with Gasteiger partial charge in [0.15, 0.2) is 0 Å². The van der Waals surface area contributed by atoms with Crippen molar-refractivity contribution in [3.63, 3.8) is 0 Å². The zero-order chi connectivity index (χ0) is 22.8. The van der Waals surface area contributed by atoms with Crippen molar-refractivity contribution in [2.75, 3.05) is 5.32 Å². The van der Waals surface area contributed by atoms with Crippen LogP contribution in [0.15, 0.2) is 53.3 Å². The number of nitrogens with one attached hydrogen (secondary N) is 1. The van der Waals surface area contributed by atoms with Gasteiger partial charge in [-0.15, -0.1) is 10.2 Å². The standard InChI is InChI=1S/C22H20N6O4/c1-13-4-7-18(22-25-23-12-32-22)10-19(13)24-21(29)17-8-5-16(6-9-17)11-27-15(3)20(28(30)31)14(2)26-27/h4-10,12H,11H2,1-3H3,(H,24,29). The lowest BCUT2D eigenvalue weighted by Gasteiger charge is -2.10. The number of rotatable bonds is 6. The van der Waals surface area contributed by atoms with Crippen molar-refractivity contribution in [3.05, 3.63) is 87.1 Å². The summed E-state index contributed by atoms with van der Waals surface area (Å²) in [6, 6.07) is 12.5. The SMILES string of the molecule is Cc1ccc(-c2nnco2)cc1NC(=O)c1ccc(Cn2nc(C)c([N+](=O)[O-])c2C)cc1. The van der Waals surface area contributed by atoms with Crippen LogP contribution in [0, 0.1) is 30.9 Å². The van der Waals surface area contributed by atoms with E-state index in [-0.39, 0.29) is 11.6 Å². The van der Waals surface area contributed by atoms with Gasteiger partial charge in [-0.05, 0) is 56.2 Å². The molecule has 0 aliphatic carbocycles. The Morgan fingerprint density at radius 3 is 2.53 bits per heavy atom. The van der Waals surface area contributed by atoms with Gasteiger partial charge in [0.1, 0.15) is 11.4 Å². The molecule has 1 amide bonds. The third-order valence-electron chi connectivity index (χ3n) is 5.17. The van der Waals surface area contributed by atoms with Crippen LogP contribution in [-0.2, 0) is 6.54 Å². The Morgan fingerprint density at radius 2 is 1.91 bits per heavy atom. The Labute approximate surface area is 183 Å². The first-order valence-electron chi connectivity index (χ1n) is 9.79. The molecule has 4 rings (SSSR count). The molecule has 2 aromatic heterocycles. The molecule has 0 fully saturated rings. The number of hydrogen-bond acceptors (Lipinski definition) is 7. The number of amides is 1. The molecule has 0 bridgehead atoms. The molecule has 10 heteroatoms. The minimum absolute atomic E-state index is 0.0270. The van der Waals surface area contributed by atoms with Crippen LogP contribution in [-0.4, -0.2) is 30.8 Å². The Morgan fingerprint density at radius 1 is 1.16 bits per heavy atom. The first kappa shape index (κ1) is 20.9. The van der Waals surface area contributed by atoms with Crippen LogP contribution in [0.3, 0.4) is 0 Å². The predicted molar refractivity (Wildman–Crippen MR) is 116 cm³/mol. The van der Waals surface area contributed by atoms with Crippen LogP contribution in [0.5, 0.6) is 0 Å². The molecule has 0 unspecified atom stereocenters. The monoisotopic (exact) mass is 432 g/mol. The van der Waals surface area contributed by atoms with E-state index in [1.807, 2.05) is 19.1 Å². The summed E-state index contributed by atoms with van der Waals surface area (Å²) < 4.78 is 6.81. The van der Waals surface area contributed by atoms with E-state index in [0.29, 0.717) is 40.6 Å². The van der Waals surface area contributed by atoms with E-state index >= 15 is 0 Å². The average molecular weight is 432 g/mol. The van der Waals surface area contributed by atoms with E-state index in [2.05, 4.69) is 20.6 Å². The largest absolute Gasteiger partial charge is 0.423 e. The maximum atomic E-state index is 12.8. The second kappa shape index (κ2) is 8.42. The highest BCUT2D eigenvalue weighted by molar-refractivity contribution is 6.04. The number of aryl methyl sites for hydroxylation is 2. The highest BCUT2D eigenvalue weighted by Crippen LogP contribution is 2.25. The van der Waals surface area contributed by atoms with Gasteiger partial charge in [0.25, 0.3) is 5.91 Å². The van der Waals surface area contributed by atoms with Gasteiger partial charge in [0.2, 0.25) is 12.3 Å². The summed E-state index contributed by atoms with van der Waals surface area (Å²) in [5.74, 6) is 0.110. The molecule has 32 heavy (non-hydrogen) atoms. The average Bonchev–Trinajstić information content (AvgIpc) is 3.38. The lowest BCUT2D eigenvalue weighted by atomic mass is 10.1. The van der Waals surface area contributed by atoms with Gasteiger partial charge in [-0.2, -0.15) is 5.10 Å². The topological polar surface area (TPSA) is 129 Å². The Kier molecular flexibility index (Phi) is 5.50. The van der Waals surface area contributed by atoms with Gasteiger partial charge in [-0.25, -0.2) is 0 Å². The molecule has 0 saturated heterocycles. The van der Waals surface area contributed by atoms with E-state index in [9.17, 15) is 14.9 Å². The normalized spacial score (nSPS) is 10.8. The van der Waals surface area contributed by atoms with E-state index < -0.39 is 4.92 Å². The lowest BCUT2D eigenvalue weighted by molar-refractivity contribution is -0.386. The Bertz CT molecular complexity index is 1290. The molecule has 10 nitrogen and oxygen atoms in total. The van der Waals surface area contributed by atoms with Gasteiger partial charge in [0.05, 0.1) is 11.5 Å². The molecule has 2 heterocycles. The van der Waals surface area contributed by atoms with Gasteiger partial charge in [-0.1, -0.05) is 18.2 Å². The number of benzene rings is 2. The van der Waals surface area contributed by atoms with E-state index in [1.165, 1.54) is 6.39 Å². The van der Waals surface area contributed by atoms with Crippen LogP contribution in [0.4, 0.5) is 11.4 Å². The predicted octanol–water partition coefficient (Wildman–Crippen LogP) is 4.07. The number of hydrogen-bond donors (Lipinski definition) is 1. The highest BCUT2D eigenvalue weighted by atomic mass is 16.6. The molecule has 162 valence electrons. The van der Waals surface area contributed by atoms with Crippen LogP contribution >= 0.6 is 0 Å². The fourth-order valence-electron chi connectivity index (χ4n) is 3.42. The molecular formula is C22H20N6O4. The first-order valence-corrected chi connectivity index (χ1v) is 9.79. The van der Waals surface area contributed by atoms with E-state index in [1.54, 1.807) is 48.9 Å². The van der Waals surface area contributed by atoms with Crippen LogP contribution < -0.4 is 5.32 Å². The molecule has 0 spiro atoms. The number of nitro groups is 1. The van der Waals surface area contributed by atoms with Crippen molar-refractivity contribution in [1.82, 2.24) is 20.0 Å². The Hall–Kier alpha value is -4.34. The molecule has 0 radical (unpaired) electrons. The number of carbonyl (C=O) groups is 1. The van der Waals surface area contributed by atoms with E-state index in [4.69, 9.17) is 4.42 Å². The van der Waals surface area contributed by atoms with Gasteiger partial charge < -0.3 is 9.73 Å². The van der Waals surface area contributed by atoms with Crippen molar-refractivity contribution in [2.45, 2.75) is 27.3 Å². The molecule has 4 aromatic rings. The van der Waals surface area contributed by atoms with Crippen LogP contribution in [0.1, 0.15) is 32.9 Å². The molecule has 0 saturated carbocycles. The van der Waals surface area contributed by atoms with E-state index in [0.717, 1.165) is 11.1 Å². The molecule has 1 N–H and O–H groups in total. The summed E-state index contributed by atoms with van der Waals surface area (Å²) in [6.45, 7) is 5.55. The maximum Gasteiger partial charge on any atom is 0.312 e. The molecule has 2 aromatic carbocycles. The zero-order valence-electron chi connectivity index (χ0n) is 17.7. The minimum atomic E-state index is -0.420. The summed E-state index contributed by atoms with van der Waals surface area (Å²) >= 11 is 0. The quantitative estimate of drug-likeness (QED) is 0.359. The van der Waals surface area contributed by atoms with Crippen molar-refractivity contribution in [3.8, 4) is 11.5 Å². The second-order valence-electron chi connectivity index (χ2n) is 7.36. The summed E-state index contributed by atoms with van der Waals surface area (Å²) in [5, 5.41) is 25.9. The fourth-order valence-corrected chi connectivity index (χ4v) is 3.42. The summed E-state index contributed by atoms with van der Waals surface area (Å²) in [7, 11) is 0. The van der Waals surface area contributed by atoms with Crippen molar-refractivity contribution < 1.29 is 14.1 Å². The maximum absolute atomic E-state index is 12.8. The summed E-state index contributed by atoms with van der Waals surface area (Å²) in [6.07, 6.45) is 1.25. The first-order chi connectivity index (χ1) is 15.3. The third-order valence-corrected chi connectivity index (χ3v) is 5.17. The highest BCUT2D eigenvalue weighted by Gasteiger charge is 2.21. The molecular weight excluding hydrogens is 412 g/mol. The van der Waals surface area contributed by atoms with Gasteiger partial charge >= 0.3 is 5.69 Å². The van der Waals surface area contributed by atoms with Crippen molar-refractivity contribution in [1.29, 1.82) is 0 Å². The number of aromatic nitrogens is 4. The summed E-state index contributed by atoms with van der Waals surface area (Å²) in [5.41, 5.74) is 4.49. The van der Waals surface area contributed by atoms with Crippen LogP contribution in [0.25, 0.3) is 11.5 Å². The number of nitrogens with zero attached hydrogens (tertiary/aromatic N) is 5. The second-order valence-corrected chi connectivity index (χ2v) is 7.36. The Balaban J connectivity index is 1.49. The molecule has 0 aliphatic rings. The lowest BCUT2D eigenvalue weighted by Crippen LogP contribution is -2.13. The molecule has 0 aliphatic heterocycles. The zero-order valence-corrected chi connectivity index (χ0v) is 17.7. The van der Waals surface area contributed by atoms with Crippen molar-refractivity contribution in [2.24, 2.45) is 0 Å². The number of anilines is 1. The van der Waals surface area contributed by atoms with Gasteiger partial charge in [0, 0.05) is 16.8 Å². The fraction of sp³-hybridized carbons (Fsp3) is 0.182. The van der Waals surface area contributed by atoms with Crippen molar-refractivity contribution >= 4 is 17.3 Å². The summed E-state index contributed by atoms with van der Waals surface area (Å²) in [4.78, 5) is 23.5. The third kappa shape index (κ3) is 4.10. The minimum Gasteiger partial charge on any atom is -0.423 e. The number of carbonyl (C=O) groups excluding carboxylic acids is 1.